The van der Waals surface area contributed by atoms with Crippen LogP contribution >= 0.6 is 11.6 Å². The molecule has 10 nitrogen and oxygen atoms in total. The van der Waals surface area contributed by atoms with Crippen molar-refractivity contribution in [1.82, 2.24) is 25.0 Å². The van der Waals surface area contributed by atoms with Crippen molar-refractivity contribution in [3.63, 3.8) is 0 Å². The largest absolute Gasteiger partial charge is 0.470 e. The molecule has 2 fully saturated rings. The molecule has 0 amide bonds. The van der Waals surface area contributed by atoms with E-state index in [1.807, 2.05) is 51.1 Å². The van der Waals surface area contributed by atoms with Crippen LogP contribution < -0.4 is 10.1 Å². The van der Waals surface area contributed by atoms with Crippen molar-refractivity contribution in [3.8, 4) is 5.75 Å². The van der Waals surface area contributed by atoms with Crippen LogP contribution in [0, 0.1) is 6.92 Å². The molecule has 1 aliphatic carbocycles. The fourth-order valence-electron chi connectivity index (χ4n) is 4.70. The van der Waals surface area contributed by atoms with Crippen molar-refractivity contribution in [2.75, 3.05) is 38.2 Å². The number of H-pyrrole nitrogens is 2. The Morgan fingerprint density at radius 1 is 1.14 bits per heavy atom. The number of aromatic amines is 2. The normalized spacial score (nSPS) is 16.1. The van der Waals surface area contributed by atoms with Crippen LogP contribution in [-0.2, 0) is 0 Å². The van der Waals surface area contributed by atoms with Gasteiger partial charge in [0.25, 0.3) is 0 Å². The van der Waals surface area contributed by atoms with Gasteiger partial charge in [-0.25, -0.2) is 15.0 Å². The summed E-state index contributed by atoms with van der Waals surface area (Å²) in [5.41, 5.74) is 3.14. The summed E-state index contributed by atoms with van der Waals surface area (Å²) in [4.78, 5) is 21.0. The Morgan fingerprint density at radius 3 is 2.50 bits per heavy atom. The highest BCUT2D eigenvalue weighted by atomic mass is 35.5. The number of piperazine rings is 1. The second-order valence-corrected chi connectivity index (χ2v) is 10.1. The van der Waals surface area contributed by atoms with Crippen molar-refractivity contribution in [2.24, 2.45) is 15.0 Å². The van der Waals surface area contributed by atoms with Gasteiger partial charge in [-0.15, -0.1) is 0 Å². The highest BCUT2D eigenvalue weighted by molar-refractivity contribution is 6.37. The molecular weight excluding hydrogens is 550 g/mol. The molecule has 2 aliphatic rings. The molecule has 5 rings (SSSR count). The third-order valence-electron chi connectivity index (χ3n) is 6.92. The summed E-state index contributed by atoms with van der Waals surface area (Å²) in [6.07, 6.45) is 7.53. The van der Waals surface area contributed by atoms with Crippen LogP contribution in [0.4, 0.5) is 5.82 Å². The molecule has 0 radical (unpaired) electrons. The number of nitrogens with one attached hydrogen (secondary N) is 3. The Bertz CT molecular complexity index is 1490. The van der Waals surface area contributed by atoms with Crippen molar-refractivity contribution in [3.05, 3.63) is 78.0 Å². The lowest BCUT2D eigenvalue weighted by Crippen LogP contribution is -2.50. The molecule has 1 saturated heterocycles. The predicted octanol–water partition coefficient (Wildman–Crippen LogP) is 6.49. The SMILES string of the molecule is C=CN=C(C=C)N1CCN(C(/C=C(\N=C)Nc2cc(C3CC3)[nH]n2)=N/COc2ccc3[nH]c(C)cc3c2Cl)CC1.CC. The van der Waals surface area contributed by atoms with Gasteiger partial charge in [0, 0.05) is 72.7 Å². The summed E-state index contributed by atoms with van der Waals surface area (Å²) in [6, 6.07) is 7.84. The fourth-order valence-corrected chi connectivity index (χ4v) is 4.98. The molecule has 3 N–H and O–H groups in total. The standard InChI is InChI=1S/C29H34ClN9O.C2H6/c1-5-27(32-6-2)38-11-13-39(14-12-38)28(17-25(31-4)35-26-16-23(36-37-26)20-7-8-20)33-18-40-24-10-9-22-21(29(24)30)15-19(3)34-22;1-2/h5-6,9-10,15-17,20,34H,1-2,4,7-8,11-14,18H2,3H3,(H2,35,36,37);1-2H3/b25-17+,32-27?,33-28+;. The van der Waals surface area contributed by atoms with E-state index < -0.39 is 0 Å². The molecule has 222 valence electrons. The van der Waals surface area contributed by atoms with Crippen LogP contribution in [0.5, 0.6) is 5.75 Å². The van der Waals surface area contributed by atoms with Crippen LogP contribution in [0.15, 0.2) is 76.6 Å². The van der Waals surface area contributed by atoms with Gasteiger partial charge in [-0.3, -0.25) is 5.10 Å². The van der Waals surface area contributed by atoms with E-state index in [9.17, 15) is 0 Å². The third-order valence-corrected chi connectivity index (χ3v) is 7.31. The van der Waals surface area contributed by atoms with Crippen LogP contribution in [0.25, 0.3) is 10.9 Å². The predicted molar refractivity (Wildman–Crippen MR) is 175 cm³/mol. The zero-order chi connectivity index (χ0) is 30.1. The number of anilines is 1. The number of aromatic nitrogens is 3. The molecule has 1 saturated carbocycles. The van der Waals surface area contributed by atoms with E-state index in [0.717, 1.165) is 41.2 Å². The summed E-state index contributed by atoms with van der Waals surface area (Å²) in [5.74, 6) is 3.89. The molecule has 2 aromatic heterocycles. The van der Waals surface area contributed by atoms with Crippen LogP contribution in [0.2, 0.25) is 5.02 Å². The lowest BCUT2D eigenvalue weighted by Gasteiger charge is -2.36. The number of aliphatic imine (C=N–C) groups is 3. The number of ether oxygens (including phenoxy) is 1. The lowest BCUT2D eigenvalue weighted by atomic mass is 10.2. The molecule has 42 heavy (non-hydrogen) atoms. The molecule has 3 heterocycles. The van der Waals surface area contributed by atoms with Gasteiger partial charge in [-0.2, -0.15) is 5.10 Å². The fraction of sp³-hybridized carbons (Fsp3) is 0.355. The molecule has 0 bridgehead atoms. The van der Waals surface area contributed by atoms with E-state index in [0.29, 0.717) is 47.3 Å². The third kappa shape index (κ3) is 7.50. The van der Waals surface area contributed by atoms with Crippen LogP contribution in [0.1, 0.15) is 44.0 Å². The minimum Gasteiger partial charge on any atom is -0.470 e. The quantitative estimate of drug-likeness (QED) is 0.185. The van der Waals surface area contributed by atoms with Gasteiger partial charge in [0.15, 0.2) is 12.5 Å². The summed E-state index contributed by atoms with van der Waals surface area (Å²) in [5, 5.41) is 12.2. The van der Waals surface area contributed by atoms with Gasteiger partial charge in [0.1, 0.15) is 23.2 Å². The molecule has 0 atom stereocenters. The van der Waals surface area contributed by atoms with E-state index in [1.54, 1.807) is 6.08 Å². The Hall–Kier alpha value is -4.31. The molecule has 3 aromatic rings. The molecule has 11 heteroatoms. The number of amidine groups is 2. The van der Waals surface area contributed by atoms with Gasteiger partial charge in [-0.05, 0) is 50.8 Å². The topological polar surface area (TPSA) is 109 Å². The number of nitrogens with zero attached hydrogens (tertiary/aromatic N) is 6. The summed E-state index contributed by atoms with van der Waals surface area (Å²) in [6.45, 7) is 20.3. The number of fused-ring (bicyclic) bond motifs is 1. The number of hydrogen-bond donors (Lipinski definition) is 3. The second-order valence-electron chi connectivity index (χ2n) is 9.72. The number of benzene rings is 1. The molecule has 0 spiro atoms. The van der Waals surface area contributed by atoms with Gasteiger partial charge >= 0.3 is 0 Å². The average Bonchev–Trinajstić information content (AvgIpc) is 3.64. The van der Waals surface area contributed by atoms with Crippen molar-refractivity contribution in [1.29, 1.82) is 0 Å². The second kappa shape index (κ2) is 14.5. The maximum absolute atomic E-state index is 6.64. The Morgan fingerprint density at radius 2 is 1.86 bits per heavy atom. The minimum atomic E-state index is 0.0785. The Balaban J connectivity index is 0.00000198. The zero-order valence-corrected chi connectivity index (χ0v) is 25.4. The van der Waals surface area contributed by atoms with E-state index >= 15 is 0 Å². The molecular formula is C31H40ClN9O. The van der Waals surface area contributed by atoms with Gasteiger partial charge in [0.05, 0.1) is 5.02 Å². The van der Waals surface area contributed by atoms with E-state index in [-0.39, 0.29) is 6.73 Å². The van der Waals surface area contributed by atoms with Crippen molar-refractivity contribution >= 4 is 46.7 Å². The highest BCUT2D eigenvalue weighted by Crippen LogP contribution is 2.39. The monoisotopic (exact) mass is 589 g/mol. The first kappa shape index (κ1) is 30.6. The van der Waals surface area contributed by atoms with Crippen LogP contribution in [0.3, 0.4) is 0 Å². The van der Waals surface area contributed by atoms with E-state index in [2.05, 4.69) is 60.2 Å². The number of aryl methyl sites for hydroxylation is 1. The average molecular weight is 590 g/mol. The zero-order valence-electron chi connectivity index (χ0n) is 24.7. The Labute approximate surface area is 252 Å². The lowest BCUT2D eigenvalue weighted by molar-refractivity contribution is 0.257. The summed E-state index contributed by atoms with van der Waals surface area (Å²) >= 11 is 6.64. The first-order valence-electron chi connectivity index (χ1n) is 14.3. The van der Waals surface area contributed by atoms with Gasteiger partial charge in [-0.1, -0.05) is 38.6 Å². The maximum Gasteiger partial charge on any atom is 0.181 e. The summed E-state index contributed by atoms with van der Waals surface area (Å²) < 4.78 is 6.03. The van der Waals surface area contributed by atoms with E-state index in [4.69, 9.17) is 21.3 Å². The minimum absolute atomic E-state index is 0.0785. The number of rotatable bonds is 10. The van der Waals surface area contributed by atoms with Crippen molar-refractivity contribution < 1.29 is 4.74 Å². The molecule has 1 aromatic carbocycles. The smallest absolute Gasteiger partial charge is 0.181 e. The Kier molecular flexibility index (Phi) is 10.6. The first-order valence-corrected chi connectivity index (χ1v) is 14.6. The van der Waals surface area contributed by atoms with Gasteiger partial charge < -0.3 is 24.8 Å². The first-order chi connectivity index (χ1) is 20.5. The summed E-state index contributed by atoms with van der Waals surface area (Å²) in [7, 11) is 0. The molecule has 0 unspecified atom stereocenters. The number of halogens is 1. The highest BCUT2D eigenvalue weighted by Gasteiger charge is 2.26. The van der Waals surface area contributed by atoms with Crippen molar-refractivity contribution in [2.45, 2.75) is 39.5 Å². The van der Waals surface area contributed by atoms with Crippen LogP contribution in [-0.4, -0.2) is 76.3 Å². The van der Waals surface area contributed by atoms with Gasteiger partial charge in [0.2, 0.25) is 0 Å². The molecule has 1 aliphatic heterocycles. The number of hydrogen-bond acceptors (Lipinski definition) is 6. The van der Waals surface area contributed by atoms with E-state index in [1.165, 1.54) is 19.0 Å². The maximum atomic E-state index is 6.64.